The van der Waals surface area contributed by atoms with E-state index in [0.717, 1.165) is 12.1 Å². The van der Waals surface area contributed by atoms with Crippen LogP contribution in [-0.2, 0) is 6.54 Å². The molecule has 0 aliphatic heterocycles. The van der Waals surface area contributed by atoms with Crippen LogP contribution in [0.2, 0.25) is 0 Å². The second-order valence-corrected chi connectivity index (χ2v) is 5.15. The van der Waals surface area contributed by atoms with Crippen molar-refractivity contribution in [3.63, 3.8) is 0 Å². The maximum Gasteiger partial charge on any atom is 0.335 e. The van der Waals surface area contributed by atoms with Crippen LogP contribution in [0.3, 0.4) is 0 Å². The molecule has 0 saturated carbocycles. The molecule has 2 aromatic carbocycles. The lowest BCUT2D eigenvalue weighted by Gasteiger charge is -2.22. The summed E-state index contributed by atoms with van der Waals surface area (Å²) in [6.45, 7) is 4.93. The average molecular weight is 269 g/mol. The molecule has 0 unspecified atom stereocenters. The molecule has 2 aromatic rings. The van der Waals surface area contributed by atoms with Crippen molar-refractivity contribution in [3.05, 3.63) is 64.7 Å². The van der Waals surface area contributed by atoms with Crippen LogP contribution in [0.5, 0.6) is 0 Å². The maximum absolute atomic E-state index is 10.8. The van der Waals surface area contributed by atoms with E-state index in [0.29, 0.717) is 5.56 Å². The quantitative estimate of drug-likeness (QED) is 0.921. The van der Waals surface area contributed by atoms with Crippen LogP contribution >= 0.6 is 0 Å². The molecule has 0 bridgehead atoms. The van der Waals surface area contributed by atoms with Crippen molar-refractivity contribution in [3.8, 4) is 0 Å². The van der Waals surface area contributed by atoms with E-state index in [-0.39, 0.29) is 0 Å². The maximum atomic E-state index is 10.8. The van der Waals surface area contributed by atoms with E-state index in [1.807, 2.05) is 19.2 Å². The Balaban J connectivity index is 2.16. The lowest BCUT2D eigenvalue weighted by molar-refractivity contribution is 0.0697. The first kappa shape index (κ1) is 14.1. The number of aromatic carboxylic acids is 1. The normalized spacial score (nSPS) is 10.3. The van der Waals surface area contributed by atoms with Crippen molar-refractivity contribution in [1.29, 1.82) is 0 Å². The van der Waals surface area contributed by atoms with Crippen molar-refractivity contribution in [2.24, 2.45) is 0 Å². The van der Waals surface area contributed by atoms with E-state index in [1.54, 1.807) is 12.1 Å². The minimum Gasteiger partial charge on any atom is -0.478 e. The molecule has 104 valence electrons. The molecule has 3 heteroatoms. The van der Waals surface area contributed by atoms with Gasteiger partial charge >= 0.3 is 5.97 Å². The van der Waals surface area contributed by atoms with Gasteiger partial charge in [0.05, 0.1) is 5.56 Å². The molecule has 3 nitrogen and oxygen atoms in total. The Morgan fingerprint density at radius 1 is 1.10 bits per heavy atom. The zero-order chi connectivity index (χ0) is 14.7. The molecule has 0 fully saturated rings. The summed E-state index contributed by atoms with van der Waals surface area (Å²) in [5.41, 5.74) is 5.09. The summed E-state index contributed by atoms with van der Waals surface area (Å²) in [7, 11) is 2.05. The SMILES string of the molecule is Cc1ccc(C)c(N(C)Cc2ccc(C(=O)O)cc2)c1. The van der Waals surface area contributed by atoms with Gasteiger partial charge in [-0.3, -0.25) is 0 Å². The number of aryl methyl sites for hydroxylation is 2. The second kappa shape index (κ2) is 5.78. The largest absolute Gasteiger partial charge is 0.478 e. The molecular formula is C17H19NO2. The summed E-state index contributed by atoms with van der Waals surface area (Å²) in [5.74, 6) is -0.889. The number of hydrogen-bond donors (Lipinski definition) is 1. The fourth-order valence-corrected chi connectivity index (χ4v) is 2.24. The zero-order valence-electron chi connectivity index (χ0n) is 12.1. The monoisotopic (exact) mass is 269 g/mol. The number of anilines is 1. The summed E-state index contributed by atoms with van der Waals surface area (Å²) in [6.07, 6.45) is 0. The molecule has 0 aromatic heterocycles. The summed E-state index contributed by atoms with van der Waals surface area (Å²) in [4.78, 5) is 13.0. The molecule has 0 radical (unpaired) electrons. The number of benzene rings is 2. The third-order valence-corrected chi connectivity index (χ3v) is 3.40. The molecule has 0 aliphatic carbocycles. The van der Waals surface area contributed by atoms with Gasteiger partial charge in [-0.05, 0) is 48.7 Å². The standard InChI is InChI=1S/C17H19NO2/c1-12-4-5-13(2)16(10-12)18(3)11-14-6-8-15(9-7-14)17(19)20/h4-10H,11H2,1-3H3,(H,19,20). The first-order chi connectivity index (χ1) is 9.47. The Bertz CT molecular complexity index is 617. The Labute approximate surface area is 119 Å². The molecule has 0 heterocycles. The van der Waals surface area contributed by atoms with E-state index in [9.17, 15) is 4.79 Å². The number of rotatable bonds is 4. The summed E-state index contributed by atoms with van der Waals surface area (Å²) >= 11 is 0. The highest BCUT2D eigenvalue weighted by Crippen LogP contribution is 2.22. The number of carboxylic acid groups (broad SMARTS) is 1. The molecule has 0 saturated heterocycles. The van der Waals surface area contributed by atoms with Gasteiger partial charge in [-0.25, -0.2) is 4.79 Å². The van der Waals surface area contributed by atoms with Gasteiger partial charge in [0.2, 0.25) is 0 Å². The lowest BCUT2D eigenvalue weighted by Crippen LogP contribution is -2.17. The number of carboxylic acids is 1. The third-order valence-electron chi connectivity index (χ3n) is 3.40. The van der Waals surface area contributed by atoms with Crippen LogP contribution in [0.25, 0.3) is 0 Å². The van der Waals surface area contributed by atoms with Crippen LogP contribution in [0.1, 0.15) is 27.0 Å². The number of hydrogen-bond acceptors (Lipinski definition) is 2. The Morgan fingerprint density at radius 2 is 1.75 bits per heavy atom. The van der Waals surface area contributed by atoms with Gasteiger partial charge < -0.3 is 10.0 Å². The minimum absolute atomic E-state index is 0.322. The smallest absolute Gasteiger partial charge is 0.335 e. The van der Waals surface area contributed by atoms with Crippen LogP contribution in [0, 0.1) is 13.8 Å². The molecular weight excluding hydrogens is 250 g/mol. The lowest BCUT2D eigenvalue weighted by atomic mass is 10.1. The van der Waals surface area contributed by atoms with Gasteiger partial charge in [0, 0.05) is 19.3 Å². The first-order valence-corrected chi connectivity index (χ1v) is 6.58. The van der Waals surface area contributed by atoms with Crippen LogP contribution < -0.4 is 4.90 Å². The van der Waals surface area contributed by atoms with Gasteiger partial charge in [0.1, 0.15) is 0 Å². The summed E-state index contributed by atoms with van der Waals surface area (Å²) in [5, 5.41) is 8.89. The Morgan fingerprint density at radius 3 is 2.35 bits per heavy atom. The van der Waals surface area contributed by atoms with Gasteiger partial charge in [0.25, 0.3) is 0 Å². The van der Waals surface area contributed by atoms with Crippen molar-refractivity contribution < 1.29 is 9.90 Å². The molecule has 0 aliphatic rings. The van der Waals surface area contributed by atoms with Gasteiger partial charge in [-0.15, -0.1) is 0 Å². The molecule has 0 atom stereocenters. The predicted molar refractivity (Wildman–Crippen MR) is 81.4 cm³/mol. The molecule has 0 spiro atoms. The highest BCUT2D eigenvalue weighted by atomic mass is 16.4. The van der Waals surface area contributed by atoms with Crippen molar-refractivity contribution in [1.82, 2.24) is 0 Å². The Kier molecular flexibility index (Phi) is 4.08. The Hall–Kier alpha value is -2.29. The van der Waals surface area contributed by atoms with Gasteiger partial charge in [-0.2, -0.15) is 0 Å². The third kappa shape index (κ3) is 3.18. The van der Waals surface area contributed by atoms with Crippen LogP contribution in [0.15, 0.2) is 42.5 Å². The van der Waals surface area contributed by atoms with Crippen LogP contribution in [-0.4, -0.2) is 18.1 Å². The summed E-state index contributed by atoms with van der Waals surface area (Å²) in [6, 6.07) is 13.4. The fourth-order valence-electron chi connectivity index (χ4n) is 2.24. The van der Waals surface area contributed by atoms with Gasteiger partial charge in [0.15, 0.2) is 0 Å². The zero-order valence-corrected chi connectivity index (χ0v) is 12.1. The van der Waals surface area contributed by atoms with E-state index in [2.05, 4.69) is 36.9 Å². The molecule has 1 N–H and O–H groups in total. The average Bonchev–Trinajstić information content (AvgIpc) is 2.42. The highest BCUT2D eigenvalue weighted by Gasteiger charge is 2.07. The predicted octanol–water partition coefficient (Wildman–Crippen LogP) is 3.64. The first-order valence-electron chi connectivity index (χ1n) is 6.58. The second-order valence-electron chi connectivity index (χ2n) is 5.15. The van der Waals surface area contributed by atoms with E-state index in [1.165, 1.54) is 16.8 Å². The van der Waals surface area contributed by atoms with Crippen molar-refractivity contribution >= 4 is 11.7 Å². The fraction of sp³-hybridized carbons (Fsp3) is 0.235. The highest BCUT2D eigenvalue weighted by molar-refractivity contribution is 5.87. The van der Waals surface area contributed by atoms with Crippen molar-refractivity contribution in [2.75, 3.05) is 11.9 Å². The summed E-state index contributed by atoms with van der Waals surface area (Å²) < 4.78 is 0. The molecule has 20 heavy (non-hydrogen) atoms. The van der Waals surface area contributed by atoms with E-state index < -0.39 is 5.97 Å². The number of nitrogens with zero attached hydrogens (tertiary/aromatic N) is 1. The topological polar surface area (TPSA) is 40.5 Å². The molecule has 0 amide bonds. The van der Waals surface area contributed by atoms with Crippen molar-refractivity contribution in [2.45, 2.75) is 20.4 Å². The van der Waals surface area contributed by atoms with E-state index >= 15 is 0 Å². The van der Waals surface area contributed by atoms with Crippen LogP contribution in [0.4, 0.5) is 5.69 Å². The van der Waals surface area contributed by atoms with E-state index in [4.69, 9.17) is 5.11 Å². The minimum atomic E-state index is -0.889. The van der Waals surface area contributed by atoms with Gasteiger partial charge in [-0.1, -0.05) is 24.3 Å². The molecule has 2 rings (SSSR count). The number of carbonyl (C=O) groups is 1.